The fourth-order valence-corrected chi connectivity index (χ4v) is 2.98. The summed E-state index contributed by atoms with van der Waals surface area (Å²) in [4.78, 5) is 24.9. The minimum atomic E-state index is -0.737. The van der Waals surface area contributed by atoms with Gasteiger partial charge in [0.15, 0.2) is 0 Å². The van der Waals surface area contributed by atoms with Crippen molar-refractivity contribution >= 4 is 11.9 Å². The topological polar surface area (TPSA) is 64.6 Å². The number of rotatable bonds is 6. The molecule has 0 unspecified atom stereocenters. The van der Waals surface area contributed by atoms with Crippen molar-refractivity contribution in [2.45, 2.75) is 59.6 Å². The average Bonchev–Trinajstić information content (AvgIpc) is 2.80. The van der Waals surface area contributed by atoms with E-state index >= 15 is 0 Å². The molecule has 1 N–H and O–H groups in total. The molecule has 2 aromatic rings. The molecule has 5 heteroatoms. The van der Waals surface area contributed by atoms with E-state index in [-0.39, 0.29) is 11.5 Å². The molecule has 0 saturated heterocycles. The molecule has 0 aromatic heterocycles. The van der Waals surface area contributed by atoms with Crippen LogP contribution in [0.5, 0.6) is 5.75 Å². The van der Waals surface area contributed by atoms with E-state index in [1.165, 1.54) is 7.11 Å². The first kappa shape index (κ1) is 26.6. The van der Waals surface area contributed by atoms with Crippen LogP contribution in [0.1, 0.15) is 69.4 Å². The lowest BCUT2D eigenvalue weighted by molar-refractivity contribution is -0.146. The van der Waals surface area contributed by atoms with Gasteiger partial charge in [0.2, 0.25) is 0 Å². The Balaban J connectivity index is 2.04. The van der Waals surface area contributed by atoms with Crippen LogP contribution in [0.3, 0.4) is 0 Å². The standard InChI is InChI=1S/C29H33NO4/c1-8-29(5,6)25(27(32)33-7)30-26(31)23-17-13-21(14-18-23)11-9-10-12-22-15-19-24(20-16-22)34-28(2,3)4/h13-20,25H,8H2,1-7H3,(H,30,31)/t25-/m1/s1. The van der Waals surface area contributed by atoms with Crippen LogP contribution < -0.4 is 10.1 Å². The zero-order chi connectivity index (χ0) is 25.4. The van der Waals surface area contributed by atoms with Crippen LogP contribution >= 0.6 is 0 Å². The summed E-state index contributed by atoms with van der Waals surface area (Å²) in [7, 11) is 1.32. The van der Waals surface area contributed by atoms with Crippen LogP contribution in [0, 0.1) is 29.1 Å². The van der Waals surface area contributed by atoms with Crippen LogP contribution in [0.25, 0.3) is 0 Å². The van der Waals surface area contributed by atoms with E-state index in [1.807, 2.05) is 65.8 Å². The number of nitrogens with one attached hydrogen (secondary N) is 1. The summed E-state index contributed by atoms with van der Waals surface area (Å²) in [5.41, 5.74) is 1.34. The Labute approximate surface area is 203 Å². The molecule has 0 radical (unpaired) electrons. The minimum absolute atomic E-state index is 0.246. The number of hydrogen-bond acceptors (Lipinski definition) is 4. The highest BCUT2D eigenvalue weighted by Gasteiger charge is 2.36. The third-order valence-electron chi connectivity index (χ3n) is 5.31. The highest BCUT2D eigenvalue weighted by atomic mass is 16.5. The molecule has 34 heavy (non-hydrogen) atoms. The van der Waals surface area contributed by atoms with E-state index in [2.05, 4.69) is 29.0 Å². The molecule has 2 aromatic carbocycles. The van der Waals surface area contributed by atoms with Gasteiger partial charge in [-0.1, -0.05) is 32.6 Å². The van der Waals surface area contributed by atoms with E-state index in [1.54, 1.807) is 24.3 Å². The summed E-state index contributed by atoms with van der Waals surface area (Å²) in [6.45, 7) is 11.8. The molecule has 0 aliphatic carbocycles. The Morgan fingerprint density at radius 3 is 1.82 bits per heavy atom. The smallest absolute Gasteiger partial charge is 0.328 e. The average molecular weight is 460 g/mol. The van der Waals surface area contributed by atoms with Gasteiger partial charge in [-0.2, -0.15) is 0 Å². The summed E-state index contributed by atoms with van der Waals surface area (Å²) < 4.78 is 10.7. The predicted octanol–water partition coefficient (Wildman–Crippen LogP) is 4.97. The Morgan fingerprint density at radius 2 is 1.38 bits per heavy atom. The van der Waals surface area contributed by atoms with Crippen molar-refractivity contribution < 1.29 is 19.1 Å². The van der Waals surface area contributed by atoms with E-state index in [0.29, 0.717) is 12.0 Å². The number of benzene rings is 2. The lowest BCUT2D eigenvalue weighted by Crippen LogP contribution is -2.50. The van der Waals surface area contributed by atoms with Crippen molar-refractivity contribution in [2.24, 2.45) is 5.41 Å². The summed E-state index contributed by atoms with van der Waals surface area (Å²) in [6, 6.07) is 13.7. The molecule has 0 bridgehead atoms. The van der Waals surface area contributed by atoms with Crippen molar-refractivity contribution in [2.75, 3.05) is 7.11 Å². The summed E-state index contributed by atoms with van der Waals surface area (Å²) in [6.07, 6.45) is 0.706. The maximum absolute atomic E-state index is 12.7. The number of methoxy groups -OCH3 is 1. The normalized spacial score (nSPS) is 11.7. The molecule has 0 heterocycles. The van der Waals surface area contributed by atoms with Crippen molar-refractivity contribution in [3.05, 3.63) is 65.2 Å². The zero-order valence-electron chi connectivity index (χ0n) is 21.0. The summed E-state index contributed by atoms with van der Waals surface area (Å²) in [5.74, 6) is 11.6. The van der Waals surface area contributed by atoms with Gasteiger partial charge in [0.05, 0.1) is 7.11 Å². The summed E-state index contributed by atoms with van der Waals surface area (Å²) >= 11 is 0. The minimum Gasteiger partial charge on any atom is -0.488 e. The quantitative estimate of drug-likeness (QED) is 0.489. The van der Waals surface area contributed by atoms with Gasteiger partial charge >= 0.3 is 5.97 Å². The van der Waals surface area contributed by atoms with Gasteiger partial charge < -0.3 is 14.8 Å². The zero-order valence-corrected chi connectivity index (χ0v) is 21.0. The third-order valence-corrected chi connectivity index (χ3v) is 5.31. The number of hydrogen-bond donors (Lipinski definition) is 1. The largest absolute Gasteiger partial charge is 0.488 e. The molecule has 0 aliphatic rings. The molecule has 0 saturated carbocycles. The first-order valence-corrected chi connectivity index (χ1v) is 11.2. The first-order chi connectivity index (χ1) is 15.9. The third kappa shape index (κ3) is 8.01. The molecule has 0 spiro atoms. The van der Waals surface area contributed by atoms with Crippen LogP contribution in [0.2, 0.25) is 0 Å². The summed E-state index contributed by atoms with van der Waals surface area (Å²) in [5, 5.41) is 2.80. The van der Waals surface area contributed by atoms with Gasteiger partial charge in [-0.15, -0.1) is 0 Å². The Morgan fingerprint density at radius 1 is 0.882 bits per heavy atom. The van der Waals surface area contributed by atoms with Crippen LogP contribution in [0.4, 0.5) is 0 Å². The predicted molar refractivity (Wildman–Crippen MR) is 134 cm³/mol. The number of carbonyl (C=O) groups is 2. The first-order valence-electron chi connectivity index (χ1n) is 11.2. The maximum atomic E-state index is 12.7. The van der Waals surface area contributed by atoms with Crippen molar-refractivity contribution in [3.8, 4) is 29.4 Å². The molecular formula is C29H33NO4. The van der Waals surface area contributed by atoms with Crippen LogP contribution in [-0.2, 0) is 9.53 Å². The van der Waals surface area contributed by atoms with Crippen molar-refractivity contribution in [1.82, 2.24) is 5.32 Å². The van der Waals surface area contributed by atoms with Gasteiger partial charge in [-0.3, -0.25) is 4.79 Å². The van der Waals surface area contributed by atoms with E-state index < -0.39 is 17.4 Å². The van der Waals surface area contributed by atoms with Gasteiger partial charge in [-0.05, 0) is 93.0 Å². The van der Waals surface area contributed by atoms with Gasteiger partial charge in [0, 0.05) is 16.7 Å². The van der Waals surface area contributed by atoms with E-state index in [9.17, 15) is 9.59 Å². The lowest BCUT2D eigenvalue weighted by Gasteiger charge is -2.31. The second-order valence-corrected chi connectivity index (χ2v) is 9.59. The highest BCUT2D eigenvalue weighted by molar-refractivity contribution is 5.97. The molecule has 0 fully saturated rings. The van der Waals surface area contributed by atoms with Crippen molar-refractivity contribution in [1.29, 1.82) is 0 Å². The Kier molecular flexibility index (Phi) is 8.93. The second-order valence-electron chi connectivity index (χ2n) is 9.59. The molecular weight excluding hydrogens is 426 g/mol. The fourth-order valence-electron chi connectivity index (χ4n) is 2.98. The molecule has 2 rings (SSSR count). The molecule has 5 nitrogen and oxygen atoms in total. The molecule has 178 valence electrons. The monoisotopic (exact) mass is 459 g/mol. The number of ether oxygens (including phenoxy) is 2. The van der Waals surface area contributed by atoms with E-state index in [4.69, 9.17) is 9.47 Å². The lowest BCUT2D eigenvalue weighted by atomic mass is 9.81. The SMILES string of the molecule is CCC(C)(C)[C@H](NC(=O)c1ccc(C#CC#Cc2ccc(OC(C)(C)C)cc2)cc1)C(=O)OC. The highest BCUT2D eigenvalue weighted by Crippen LogP contribution is 2.26. The number of esters is 1. The Bertz CT molecular complexity index is 1120. The fraction of sp³-hybridized carbons (Fsp3) is 0.379. The molecule has 0 aliphatic heterocycles. The Hall–Kier alpha value is -3.70. The van der Waals surface area contributed by atoms with Gasteiger partial charge in [-0.25, -0.2) is 4.79 Å². The van der Waals surface area contributed by atoms with Gasteiger partial charge in [0.1, 0.15) is 17.4 Å². The van der Waals surface area contributed by atoms with Crippen LogP contribution in [0.15, 0.2) is 48.5 Å². The van der Waals surface area contributed by atoms with E-state index in [0.717, 1.165) is 16.9 Å². The second kappa shape index (κ2) is 11.4. The van der Waals surface area contributed by atoms with Crippen molar-refractivity contribution in [3.63, 3.8) is 0 Å². The number of amides is 1. The maximum Gasteiger partial charge on any atom is 0.328 e. The molecule has 1 amide bonds. The molecule has 1 atom stereocenters. The van der Waals surface area contributed by atoms with Gasteiger partial charge in [0.25, 0.3) is 5.91 Å². The van der Waals surface area contributed by atoms with Crippen LogP contribution in [-0.4, -0.2) is 30.6 Å². The number of carbonyl (C=O) groups excluding carboxylic acids is 2.